The first-order valence-electron chi connectivity index (χ1n) is 6.86. The van der Waals surface area contributed by atoms with Crippen LogP contribution in [-0.4, -0.2) is 54.9 Å². The number of aryl methyl sites for hydroxylation is 1. The highest BCUT2D eigenvalue weighted by molar-refractivity contribution is 5.97. The Morgan fingerprint density at radius 3 is 2.86 bits per heavy atom. The molecule has 0 fully saturated rings. The molecule has 0 aromatic carbocycles. The lowest BCUT2D eigenvalue weighted by Crippen LogP contribution is -2.38. The maximum absolute atomic E-state index is 12.0. The summed E-state index contributed by atoms with van der Waals surface area (Å²) in [6.45, 7) is 3.84. The van der Waals surface area contributed by atoms with Crippen molar-refractivity contribution in [1.82, 2.24) is 20.4 Å². The molecule has 118 valence electrons. The van der Waals surface area contributed by atoms with Crippen LogP contribution in [0.3, 0.4) is 0 Å². The van der Waals surface area contributed by atoms with Crippen LogP contribution in [0.25, 0.3) is 0 Å². The lowest BCUT2D eigenvalue weighted by Gasteiger charge is -2.07. The van der Waals surface area contributed by atoms with Gasteiger partial charge >= 0.3 is 0 Å². The quantitative estimate of drug-likeness (QED) is 0.508. The van der Waals surface area contributed by atoms with E-state index >= 15 is 0 Å². The van der Waals surface area contributed by atoms with Crippen LogP contribution in [0.1, 0.15) is 22.5 Å². The van der Waals surface area contributed by atoms with Gasteiger partial charge in [0.2, 0.25) is 5.91 Å². The van der Waals surface area contributed by atoms with E-state index in [0.717, 1.165) is 12.1 Å². The Morgan fingerprint density at radius 2 is 2.19 bits per heavy atom. The summed E-state index contributed by atoms with van der Waals surface area (Å²) in [5, 5.41) is 9.34. The first-order chi connectivity index (χ1) is 10.1. The van der Waals surface area contributed by atoms with Gasteiger partial charge in [-0.25, -0.2) is 0 Å². The van der Waals surface area contributed by atoms with Crippen molar-refractivity contribution in [3.05, 3.63) is 17.5 Å². The number of nitrogens with one attached hydrogen (secondary N) is 2. The van der Waals surface area contributed by atoms with Gasteiger partial charge in [-0.2, -0.15) is 5.10 Å². The largest absolute Gasteiger partial charge is 0.383 e. The maximum atomic E-state index is 12.0. The van der Waals surface area contributed by atoms with Gasteiger partial charge in [0, 0.05) is 25.9 Å². The smallest absolute Gasteiger partial charge is 0.255 e. The van der Waals surface area contributed by atoms with Gasteiger partial charge in [-0.05, 0) is 19.9 Å². The Hall–Kier alpha value is -1.93. The molecule has 2 amide bonds. The van der Waals surface area contributed by atoms with Crippen molar-refractivity contribution in [2.24, 2.45) is 5.73 Å². The fourth-order valence-electron chi connectivity index (χ4n) is 1.75. The number of nitrogens with two attached hydrogens (primary N) is 1. The van der Waals surface area contributed by atoms with E-state index in [0.29, 0.717) is 31.8 Å². The zero-order valence-electron chi connectivity index (χ0n) is 12.5. The molecule has 0 saturated carbocycles. The van der Waals surface area contributed by atoms with Crippen LogP contribution in [0, 0.1) is 6.92 Å². The predicted octanol–water partition coefficient (Wildman–Crippen LogP) is -0.967. The number of amides is 2. The van der Waals surface area contributed by atoms with Crippen molar-refractivity contribution in [2.45, 2.75) is 19.9 Å². The Balaban J connectivity index is 2.45. The second-order valence-corrected chi connectivity index (χ2v) is 4.53. The van der Waals surface area contributed by atoms with E-state index in [4.69, 9.17) is 10.5 Å². The van der Waals surface area contributed by atoms with E-state index in [9.17, 15) is 9.59 Å². The highest BCUT2D eigenvalue weighted by Gasteiger charge is 2.14. The highest BCUT2D eigenvalue weighted by Crippen LogP contribution is 2.07. The zero-order valence-corrected chi connectivity index (χ0v) is 12.5. The summed E-state index contributed by atoms with van der Waals surface area (Å²) in [6, 6.07) is 0. The maximum Gasteiger partial charge on any atom is 0.255 e. The summed E-state index contributed by atoms with van der Waals surface area (Å²) in [7, 11) is 1.55. The monoisotopic (exact) mass is 297 g/mol. The molecule has 0 aliphatic heterocycles. The first kappa shape index (κ1) is 17.1. The Kier molecular flexibility index (Phi) is 7.41. The summed E-state index contributed by atoms with van der Waals surface area (Å²) in [5.41, 5.74) is 6.68. The summed E-state index contributed by atoms with van der Waals surface area (Å²) < 4.78 is 6.55. The van der Waals surface area contributed by atoms with Gasteiger partial charge in [0.05, 0.1) is 24.9 Å². The molecule has 21 heavy (non-hydrogen) atoms. The third-order valence-corrected chi connectivity index (χ3v) is 2.96. The predicted molar refractivity (Wildman–Crippen MR) is 77.9 cm³/mol. The second-order valence-electron chi connectivity index (χ2n) is 4.53. The number of methoxy groups -OCH3 is 1. The molecular weight excluding hydrogens is 274 g/mol. The number of aromatic nitrogens is 2. The molecule has 0 spiro atoms. The Labute approximate surface area is 124 Å². The number of hydrogen-bond acceptors (Lipinski definition) is 5. The molecule has 8 nitrogen and oxygen atoms in total. The minimum atomic E-state index is -0.312. The lowest BCUT2D eigenvalue weighted by molar-refractivity contribution is -0.120. The van der Waals surface area contributed by atoms with Crippen LogP contribution in [0.2, 0.25) is 0 Å². The van der Waals surface area contributed by atoms with Crippen LogP contribution in [0.15, 0.2) is 6.20 Å². The van der Waals surface area contributed by atoms with E-state index in [1.54, 1.807) is 11.8 Å². The normalized spacial score (nSPS) is 10.4. The van der Waals surface area contributed by atoms with E-state index in [2.05, 4.69) is 15.7 Å². The molecule has 1 rings (SSSR count). The van der Waals surface area contributed by atoms with Gasteiger partial charge in [0.25, 0.3) is 5.91 Å². The van der Waals surface area contributed by atoms with E-state index in [-0.39, 0.29) is 18.4 Å². The molecule has 1 aromatic rings. The third kappa shape index (κ3) is 5.52. The van der Waals surface area contributed by atoms with Gasteiger partial charge in [-0.3, -0.25) is 14.3 Å². The van der Waals surface area contributed by atoms with Crippen LogP contribution in [0.5, 0.6) is 0 Å². The number of hydrogen-bond donors (Lipinski definition) is 3. The van der Waals surface area contributed by atoms with Crippen molar-refractivity contribution in [3.8, 4) is 0 Å². The van der Waals surface area contributed by atoms with E-state index in [1.165, 1.54) is 6.20 Å². The van der Waals surface area contributed by atoms with Crippen LogP contribution < -0.4 is 16.4 Å². The molecule has 1 heterocycles. The van der Waals surface area contributed by atoms with E-state index < -0.39 is 0 Å². The van der Waals surface area contributed by atoms with Crippen LogP contribution in [0.4, 0.5) is 0 Å². The second kappa shape index (κ2) is 9.09. The zero-order chi connectivity index (χ0) is 15.7. The summed E-state index contributed by atoms with van der Waals surface area (Å²) in [4.78, 5) is 23.5. The van der Waals surface area contributed by atoms with Crippen LogP contribution >= 0.6 is 0 Å². The SMILES string of the molecule is COCCNC(=O)CNC(=O)c1cnn(CCCN)c1C. The number of carbonyl (C=O) groups excluding carboxylic acids is 2. The third-order valence-electron chi connectivity index (χ3n) is 2.96. The van der Waals surface area contributed by atoms with Gasteiger partial charge in [-0.15, -0.1) is 0 Å². The van der Waals surface area contributed by atoms with Gasteiger partial charge in [-0.1, -0.05) is 0 Å². The number of nitrogens with zero attached hydrogens (tertiary/aromatic N) is 2. The summed E-state index contributed by atoms with van der Waals surface area (Å²) in [6.07, 6.45) is 2.30. The summed E-state index contributed by atoms with van der Waals surface area (Å²) in [5.74, 6) is -0.568. The Bertz CT molecular complexity index is 472. The summed E-state index contributed by atoms with van der Waals surface area (Å²) >= 11 is 0. The Morgan fingerprint density at radius 1 is 1.43 bits per heavy atom. The first-order valence-corrected chi connectivity index (χ1v) is 6.86. The fourth-order valence-corrected chi connectivity index (χ4v) is 1.75. The van der Waals surface area contributed by atoms with E-state index in [1.807, 2.05) is 6.92 Å². The number of ether oxygens (including phenoxy) is 1. The highest BCUT2D eigenvalue weighted by atomic mass is 16.5. The minimum absolute atomic E-state index is 0.0734. The molecule has 0 bridgehead atoms. The van der Waals surface area contributed by atoms with Gasteiger partial charge in [0.15, 0.2) is 0 Å². The average molecular weight is 297 g/mol. The van der Waals surface area contributed by atoms with Crippen LogP contribution in [-0.2, 0) is 16.1 Å². The van der Waals surface area contributed by atoms with Crippen molar-refractivity contribution in [3.63, 3.8) is 0 Å². The van der Waals surface area contributed by atoms with Crippen molar-refractivity contribution >= 4 is 11.8 Å². The molecule has 1 aromatic heterocycles. The van der Waals surface area contributed by atoms with Crippen molar-refractivity contribution in [2.75, 3.05) is 33.4 Å². The average Bonchev–Trinajstić information content (AvgIpc) is 2.84. The van der Waals surface area contributed by atoms with Gasteiger partial charge in [0.1, 0.15) is 0 Å². The topological polar surface area (TPSA) is 111 Å². The molecular formula is C13H23N5O3. The van der Waals surface area contributed by atoms with Crippen molar-refractivity contribution < 1.29 is 14.3 Å². The molecule has 0 aliphatic carbocycles. The molecule has 0 aliphatic rings. The van der Waals surface area contributed by atoms with Gasteiger partial charge < -0.3 is 21.1 Å². The molecule has 0 radical (unpaired) electrons. The molecule has 4 N–H and O–H groups in total. The number of carbonyl (C=O) groups is 2. The number of rotatable bonds is 9. The molecule has 0 atom stereocenters. The fraction of sp³-hybridized carbons (Fsp3) is 0.615. The minimum Gasteiger partial charge on any atom is -0.383 e. The standard InChI is InChI=1S/C13H23N5O3/c1-10-11(8-17-18(10)6-3-4-14)13(20)16-9-12(19)15-5-7-21-2/h8H,3-7,9,14H2,1-2H3,(H,15,19)(H,16,20). The molecule has 0 saturated heterocycles. The van der Waals surface area contributed by atoms with Crippen molar-refractivity contribution in [1.29, 1.82) is 0 Å². The molecule has 8 heteroatoms. The lowest BCUT2D eigenvalue weighted by atomic mass is 10.2. The molecule has 0 unspecified atom stereocenters.